The molecule has 1 aliphatic rings. The maximum atomic E-state index is 12.3. The molecule has 0 aliphatic carbocycles. The van der Waals surface area contributed by atoms with E-state index in [1.807, 2.05) is 63.2 Å². The van der Waals surface area contributed by atoms with Gasteiger partial charge in [-0.15, -0.1) is 0 Å². The Labute approximate surface area is 160 Å². The van der Waals surface area contributed by atoms with Gasteiger partial charge in [-0.1, -0.05) is 44.2 Å². The highest BCUT2D eigenvalue weighted by Crippen LogP contribution is 2.26. The number of urea groups is 1. The van der Waals surface area contributed by atoms with Crippen LogP contribution >= 0.6 is 0 Å². The fourth-order valence-corrected chi connectivity index (χ4v) is 3.13. The lowest BCUT2D eigenvalue weighted by Crippen LogP contribution is -2.51. The molecule has 2 rings (SSSR count). The van der Waals surface area contributed by atoms with E-state index in [0.29, 0.717) is 6.42 Å². The van der Waals surface area contributed by atoms with Crippen LogP contribution in [0.15, 0.2) is 30.3 Å². The summed E-state index contributed by atoms with van der Waals surface area (Å²) < 4.78 is 5.47. The number of ketones is 1. The molecular formula is C20H29N3O4. The average molecular weight is 375 g/mol. The summed E-state index contributed by atoms with van der Waals surface area (Å²) in [7, 11) is 3.86. The number of nitrogens with zero attached hydrogens (tertiary/aromatic N) is 1. The van der Waals surface area contributed by atoms with E-state index in [-0.39, 0.29) is 24.9 Å². The molecule has 2 N–H and O–H groups in total. The van der Waals surface area contributed by atoms with E-state index in [1.54, 1.807) is 0 Å². The van der Waals surface area contributed by atoms with Crippen molar-refractivity contribution in [2.24, 2.45) is 0 Å². The molecular weight excluding hydrogens is 346 g/mol. The van der Waals surface area contributed by atoms with Crippen LogP contribution in [-0.4, -0.2) is 62.0 Å². The molecule has 1 fully saturated rings. The van der Waals surface area contributed by atoms with Crippen molar-refractivity contribution in [2.75, 3.05) is 27.2 Å². The summed E-state index contributed by atoms with van der Waals surface area (Å²) in [5.41, 5.74) is 0.607. The summed E-state index contributed by atoms with van der Waals surface area (Å²) >= 11 is 0. The lowest BCUT2D eigenvalue weighted by molar-refractivity contribution is -0.121. The second-order valence-corrected chi connectivity index (χ2v) is 7.83. The summed E-state index contributed by atoms with van der Waals surface area (Å²) in [5, 5.41) is 4.93. The predicted molar refractivity (Wildman–Crippen MR) is 102 cm³/mol. The highest BCUT2D eigenvalue weighted by atomic mass is 16.5. The molecule has 1 aromatic carbocycles. The number of carbonyl (C=O) groups excluding carboxylic acids is 3. The topological polar surface area (TPSA) is 87.7 Å². The Hall–Kier alpha value is -2.25. The second-order valence-electron chi connectivity index (χ2n) is 7.83. The molecule has 0 bridgehead atoms. The molecule has 2 atom stereocenters. The quantitative estimate of drug-likeness (QED) is 0.754. The van der Waals surface area contributed by atoms with Gasteiger partial charge in [-0.25, -0.2) is 4.79 Å². The molecule has 0 saturated carbocycles. The molecule has 1 heterocycles. The Morgan fingerprint density at radius 2 is 1.89 bits per heavy atom. The highest BCUT2D eigenvalue weighted by Gasteiger charge is 2.37. The van der Waals surface area contributed by atoms with Crippen molar-refractivity contribution in [3.63, 3.8) is 0 Å². The van der Waals surface area contributed by atoms with Crippen molar-refractivity contribution in [1.82, 2.24) is 15.5 Å². The van der Waals surface area contributed by atoms with E-state index in [9.17, 15) is 14.4 Å². The number of ether oxygens (including phenoxy) is 1. The van der Waals surface area contributed by atoms with Gasteiger partial charge in [0.05, 0.1) is 6.10 Å². The first-order chi connectivity index (χ1) is 12.7. The average Bonchev–Trinajstić information content (AvgIpc) is 2.93. The molecule has 7 nitrogen and oxygen atoms in total. The Morgan fingerprint density at radius 3 is 2.52 bits per heavy atom. The van der Waals surface area contributed by atoms with Crippen molar-refractivity contribution >= 4 is 17.7 Å². The third-order valence-corrected chi connectivity index (χ3v) is 4.72. The van der Waals surface area contributed by atoms with E-state index < -0.39 is 23.4 Å². The van der Waals surface area contributed by atoms with Crippen LogP contribution in [0.2, 0.25) is 0 Å². The van der Waals surface area contributed by atoms with Crippen LogP contribution in [0.3, 0.4) is 0 Å². The van der Waals surface area contributed by atoms with Crippen LogP contribution in [0.25, 0.3) is 0 Å². The zero-order valence-electron chi connectivity index (χ0n) is 16.5. The van der Waals surface area contributed by atoms with E-state index in [0.717, 1.165) is 12.1 Å². The van der Waals surface area contributed by atoms with Gasteiger partial charge in [0.25, 0.3) is 0 Å². The Bertz CT molecular complexity index is 673. The summed E-state index contributed by atoms with van der Waals surface area (Å²) in [6.45, 7) is 4.62. The van der Waals surface area contributed by atoms with Gasteiger partial charge < -0.3 is 15.0 Å². The molecule has 0 aromatic heterocycles. The highest BCUT2D eigenvalue weighted by molar-refractivity contribution is 5.98. The molecule has 1 saturated heterocycles. The fourth-order valence-electron chi connectivity index (χ4n) is 3.13. The maximum Gasteiger partial charge on any atom is 0.322 e. The van der Waals surface area contributed by atoms with Gasteiger partial charge in [0, 0.05) is 13.0 Å². The van der Waals surface area contributed by atoms with E-state index >= 15 is 0 Å². The van der Waals surface area contributed by atoms with Crippen molar-refractivity contribution < 1.29 is 19.1 Å². The van der Waals surface area contributed by atoms with Crippen LogP contribution in [0.4, 0.5) is 4.79 Å². The summed E-state index contributed by atoms with van der Waals surface area (Å²) in [4.78, 5) is 38.5. The lowest BCUT2D eigenvalue weighted by atomic mass is 9.81. The van der Waals surface area contributed by atoms with Crippen LogP contribution in [0.5, 0.6) is 0 Å². The van der Waals surface area contributed by atoms with Crippen molar-refractivity contribution in [2.45, 2.75) is 44.2 Å². The minimum atomic E-state index is -0.722. The molecule has 27 heavy (non-hydrogen) atoms. The minimum absolute atomic E-state index is 0.0158. The van der Waals surface area contributed by atoms with Gasteiger partial charge in [-0.3, -0.25) is 14.9 Å². The first kappa shape index (κ1) is 21.1. The van der Waals surface area contributed by atoms with Gasteiger partial charge in [0.2, 0.25) is 5.91 Å². The monoisotopic (exact) mass is 375 g/mol. The first-order valence-electron chi connectivity index (χ1n) is 9.14. The van der Waals surface area contributed by atoms with Crippen LogP contribution in [0.1, 0.15) is 32.3 Å². The summed E-state index contributed by atoms with van der Waals surface area (Å²) in [6, 6.07) is 8.28. The summed E-state index contributed by atoms with van der Waals surface area (Å²) in [6.07, 6.45) is 0.406. The largest absolute Gasteiger partial charge is 0.368 e. The van der Waals surface area contributed by atoms with Gasteiger partial charge in [0.1, 0.15) is 12.6 Å². The van der Waals surface area contributed by atoms with Crippen molar-refractivity contribution in [1.29, 1.82) is 0 Å². The number of carbonyl (C=O) groups is 3. The molecule has 1 aliphatic heterocycles. The zero-order valence-corrected chi connectivity index (χ0v) is 16.5. The lowest BCUT2D eigenvalue weighted by Gasteiger charge is -2.25. The third-order valence-electron chi connectivity index (χ3n) is 4.72. The summed E-state index contributed by atoms with van der Waals surface area (Å²) in [5.74, 6) is -0.566. The van der Waals surface area contributed by atoms with Crippen LogP contribution < -0.4 is 10.6 Å². The number of Topliss-reactive ketones (excluding diaryl/α,β-unsaturated/α-hetero) is 1. The number of rotatable bonds is 7. The second kappa shape index (κ2) is 9.10. The Kier molecular flexibility index (Phi) is 7.10. The molecule has 7 heteroatoms. The normalized spacial score (nSPS) is 20.0. The fraction of sp³-hybridized carbons (Fsp3) is 0.550. The van der Waals surface area contributed by atoms with Crippen molar-refractivity contribution in [3.8, 4) is 0 Å². The van der Waals surface area contributed by atoms with Crippen LogP contribution in [-0.2, 0) is 19.7 Å². The zero-order chi connectivity index (χ0) is 20.0. The molecule has 148 valence electrons. The standard InChI is InChI=1S/C20H29N3O4/c1-20(2,14-8-6-5-7-9-14)12-17(25)21-19(26)22-18-15(24)13-27-16(18)10-11-23(3)4/h5-9,16,18H,10-13H2,1-4H3,(H2,21,22,25,26). The number of hydrogen-bond acceptors (Lipinski definition) is 5. The Morgan fingerprint density at radius 1 is 1.22 bits per heavy atom. The van der Waals surface area contributed by atoms with E-state index in [2.05, 4.69) is 10.6 Å². The van der Waals surface area contributed by atoms with Crippen LogP contribution in [0, 0.1) is 0 Å². The third kappa shape index (κ3) is 6.15. The van der Waals surface area contributed by atoms with E-state index in [4.69, 9.17) is 4.74 Å². The van der Waals surface area contributed by atoms with Gasteiger partial charge >= 0.3 is 6.03 Å². The Balaban J connectivity index is 1.88. The predicted octanol–water partition coefficient (Wildman–Crippen LogP) is 1.47. The number of imide groups is 1. The van der Waals surface area contributed by atoms with Gasteiger partial charge in [0.15, 0.2) is 5.78 Å². The first-order valence-corrected chi connectivity index (χ1v) is 9.14. The number of amides is 3. The van der Waals surface area contributed by atoms with Gasteiger partial charge in [-0.05, 0) is 31.5 Å². The van der Waals surface area contributed by atoms with Gasteiger partial charge in [-0.2, -0.15) is 0 Å². The van der Waals surface area contributed by atoms with E-state index in [1.165, 1.54) is 0 Å². The molecule has 1 aromatic rings. The number of benzene rings is 1. The molecule has 0 spiro atoms. The SMILES string of the molecule is CN(C)CCC1OCC(=O)C1NC(=O)NC(=O)CC(C)(C)c1ccccc1. The minimum Gasteiger partial charge on any atom is -0.368 e. The maximum absolute atomic E-state index is 12.3. The molecule has 3 amide bonds. The van der Waals surface area contributed by atoms with Crippen molar-refractivity contribution in [3.05, 3.63) is 35.9 Å². The molecule has 2 unspecified atom stereocenters. The smallest absolute Gasteiger partial charge is 0.322 e. The number of nitrogens with one attached hydrogen (secondary N) is 2. The molecule has 0 radical (unpaired) electrons. The number of hydrogen-bond donors (Lipinski definition) is 2.